The largest absolute Gasteiger partial charge is 0.426 e. The maximum absolute atomic E-state index is 12.8. The molecular formula is C5H5F8NO4S2. The van der Waals surface area contributed by atoms with Crippen LogP contribution in [0.4, 0.5) is 35.1 Å². The van der Waals surface area contributed by atoms with Crippen LogP contribution in [0.25, 0.3) is 0 Å². The highest BCUT2D eigenvalue weighted by Crippen LogP contribution is 2.55. The molecule has 0 saturated carbocycles. The number of nitrogens with two attached hydrogens (primary N) is 1. The second-order valence-corrected chi connectivity index (χ2v) is 7.16. The molecule has 0 bridgehead atoms. The van der Waals surface area contributed by atoms with E-state index in [1.165, 1.54) is 0 Å². The van der Waals surface area contributed by atoms with E-state index in [2.05, 4.69) is 5.14 Å². The fourth-order valence-electron chi connectivity index (χ4n) is 0.777. The Kier molecular flexibility index (Phi) is 4.24. The van der Waals surface area contributed by atoms with Crippen LogP contribution in [0.5, 0.6) is 0 Å². The minimum atomic E-state index is -7.29. The molecule has 0 aliphatic heterocycles. The van der Waals surface area contributed by atoms with Crippen LogP contribution >= 0.6 is 0 Å². The molecule has 5 nitrogen and oxygen atoms in total. The van der Waals surface area contributed by atoms with Crippen LogP contribution < -0.4 is 5.14 Å². The predicted octanol–water partition coefficient (Wildman–Crippen LogP) is 0.776. The van der Waals surface area contributed by atoms with Gasteiger partial charge in [-0.2, -0.15) is 35.1 Å². The first-order valence-corrected chi connectivity index (χ1v) is 7.42. The summed E-state index contributed by atoms with van der Waals surface area (Å²) in [5, 5.41) is -9.94. The molecule has 0 saturated heterocycles. The van der Waals surface area contributed by atoms with Crippen molar-refractivity contribution in [3.63, 3.8) is 0 Å². The van der Waals surface area contributed by atoms with Crippen LogP contribution in [0.2, 0.25) is 0 Å². The Morgan fingerprint density at radius 3 is 1.15 bits per heavy atom. The van der Waals surface area contributed by atoms with E-state index in [9.17, 15) is 52.0 Å². The van der Waals surface area contributed by atoms with E-state index in [4.69, 9.17) is 0 Å². The van der Waals surface area contributed by atoms with Crippen LogP contribution in [-0.2, 0) is 19.9 Å². The van der Waals surface area contributed by atoms with Gasteiger partial charge in [0.15, 0.2) is 0 Å². The van der Waals surface area contributed by atoms with Crippen molar-refractivity contribution in [3.8, 4) is 0 Å². The van der Waals surface area contributed by atoms with E-state index >= 15 is 0 Å². The van der Waals surface area contributed by atoms with E-state index in [-0.39, 0.29) is 0 Å². The van der Waals surface area contributed by atoms with Gasteiger partial charge in [-0.1, -0.05) is 0 Å². The summed E-state index contributed by atoms with van der Waals surface area (Å²) in [7, 11) is -13.0. The van der Waals surface area contributed by atoms with Crippen LogP contribution in [0.15, 0.2) is 0 Å². The van der Waals surface area contributed by atoms with Crippen molar-refractivity contribution in [2.75, 3.05) is 6.26 Å². The highest BCUT2D eigenvalue weighted by Gasteiger charge is 2.86. The Bertz CT molecular complexity index is 540. The van der Waals surface area contributed by atoms with Crippen molar-refractivity contribution in [2.45, 2.75) is 22.4 Å². The molecule has 0 amide bonds. The van der Waals surface area contributed by atoms with Gasteiger partial charge in [0.1, 0.15) is 0 Å². The molecule has 0 rings (SSSR count). The van der Waals surface area contributed by atoms with Crippen molar-refractivity contribution in [3.05, 3.63) is 0 Å². The molecule has 0 fully saturated rings. The molecular weight excluding hydrogens is 354 g/mol. The molecule has 2 N–H and O–H groups in total. The molecule has 0 spiro atoms. The van der Waals surface area contributed by atoms with Crippen molar-refractivity contribution >= 4 is 19.9 Å². The second-order valence-electron chi connectivity index (χ2n) is 3.50. The Morgan fingerprint density at radius 1 is 0.700 bits per heavy atom. The molecule has 122 valence electrons. The third kappa shape index (κ3) is 2.34. The predicted molar refractivity (Wildman–Crippen MR) is 47.7 cm³/mol. The Morgan fingerprint density at radius 2 is 0.950 bits per heavy atom. The lowest BCUT2D eigenvalue weighted by molar-refractivity contribution is -0.325. The van der Waals surface area contributed by atoms with E-state index in [0.717, 1.165) is 0 Å². The SMILES string of the molecule is CS(=O)(=O)C(F)(F)C(F)(F)C(F)(F)C(F)(F)S(N)(=O)=O. The van der Waals surface area contributed by atoms with Gasteiger partial charge in [-0.15, -0.1) is 0 Å². The lowest BCUT2D eigenvalue weighted by Gasteiger charge is -2.34. The molecule has 0 aliphatic carbocycles. The van der Waals surface area contributed by atoms with Crippen LogP contribution in [0, 0.1) is 0 Å². The zero-order chi connectivity index (χ0) is 17.0. The molecule has 0 aromatic rings. The zero-order valence-electron chi connectivity index (χ0n) is 9.05. The van der Waals surface area contributed by atoms with Crippen molar-refractivity contribution < 1.29 is 52.0 Å². The zero-order valence-corrected chi connectivity index (χ0v) is 10.7. The van der Waals surface area contributed by atoms with Crippen LogP contribution in [-0.4, -0.2) is 45.4 Å². The molecule has 15 heteroatoms. The average Bonchev–Trinajstić information content (AvgIpc) is 2.12. The number of rotatable bonds is 5. The maximum Gasteiger partial charge on any atom is 0.426 e. The molecule has 0 aliphatic rings. The number of primary sulfonamides is 1. The summed E-state index contributed by atoms with van der Waals surface area (Å²) in [6.07, 6.45) is -0.633. The normalized spacial score (nSPS) is 16.3. The summed E-state index contributed by atoms with van der Waals surface area (Å²) in [5.74, 6) is -14.5. The molecule has 0 atom stereocenters. The number of sulfonamides is 1. The van der Waals surface area contributed by atoms with Gasteiger partial charge < -0.3 is 0 Å². The quantitative estimate of drug-likeness (QED) is 0.734. The standard InChI is InChI=1S/C5H5F8NO4S2/c1-19(15,16)4(10,11)2(6,7)3(8,9)5(12,13)20(14,17)18/h1H3,(H2,14,17,18). The summed E-state index contributed by atoms with van der Waals surface area (Å²) >= 11 is 0. The summed E-state index contributed by atoms with van der Waals surface area (Å²) < 4.78 is 143. The number of sulfone groups is 1. The van der Waals surface area contributed by atoms with Gasteiger partial charge in [-0.05, 0) is 0 Å². The Balaban J connectivity index is 6.37. The minimum Gasteiger partial charge on any atom is -0.223 e. The monoisotopic (exact) mass is 359 g/mol. The summed E-state index contributed by atoms with van der Waals surface area (Å²) in [5.41, 5.74) is 0. The number of hydrogen-bond acceptors (Lipinski definition) is 4. The first kappa shape index (κ1) is 19.3. The first-order chi connectivity index (χ1) is 8.25. The molecule has 0 aromatic carbocycles. The second kappa shape index (κ2) is 4.40. The third-order valence-corrected chi connectivity index (χ3v) is 4.11. The fourth-order valence-corrected chi connectivity index (χ4v) is 1.86. The molecule has 0 unspecified atom stereocenters. The smallest absolute Gasteiger partial charge is 0.223 e. The van der Waals surface area contributed by atoms with Gasteiger partial charge in [0.2, 0.25) is 9.84 Å². The third-order valence-electron chi connectivity index (χ3n) is 1.95. The maximum atomic E-state index is 12.8. The minimum absolute atomic E-state index is 0.633. The van der Waals surface area contributed by atoms with Crippen LogP contribution in [0.1, 0.15) is 0 Å². The topological polar surface area (TPSA) is 94.3 Å². The number of alkyl halides is 8. The molecule has 20 heavy (non-hydrogen) atoms. The highest BCUT2D eigenvalue weighted by atomic mass is 32.2. The molecule has 0 heterocycles. The van der Waals surface area contributed by atoms with Crippen LogP contribution in [0.3, 0.4) is 0 Å². The molecule has 0 radical (unpaired) electrons. The van der Waals surface area contributed by atoms with Gasteiger partial charge >= 0.3 is 22.4 Å². The fraction of sp³-hybridized carbons (Fsp3) is 1.00. The van der Waals surface area contributed by atoms with Gasteiger partial charge in [0.05, 0.1) is 0 Å². The first-order valence-electron chi connectivity index (χ1n) is 3.98. The Labute approximate surface area is 106 Å². The summed E-state index contributed by atoms with van der Waals surface area (Å²) in [4.78, 5) is 0. The summed E-state index contributed by atoms with van der Waals surface area (Å²) in [6, 6.07) is 0. The number of halogens is 8. The van der Waals surface area contributed by atoms with Crippen molar-refractivity contribution in [1.82, 2.24) is 0 Å². The van der Waals surface area contributed by atoms with Gasteiger partial charge in [0, 0.05) is 6.26 Å². The lowest BCUT2D eigenvalue weighted by Crippen LogP contribution is -2.66. The number of hydrogen-bond donors (Lipinski definition) is 1. The summed E-state index contributed by atoms with van der Waals surface area (Å²) in [6.45, 7) is 0. The average molecular weight is 359 g/mol. The van der Waals surface area contributed by atoms with E-state index in [1.54, 1.807) is 0 Å². The van der Waals surface area contributed by atoms with E-state index in [1.807, 2.05) is 0 Å². The lowest BCUT2D eigenvalue weighted by atomic mass is 10.2. The van der Waals surface area contributed by atoms with Crippen molar-refractivity contribution in [1.29, 1.82) is 0 Å². The van der Waals surface area contributed by atoms with Gasteiger partial charge in [-0.3, -0.25) is 0 Å². The van der Waals surface area contributed by atoms with Gasteiger partial charge in [0.25, 0.3) is 10.0 Å². The van der Waals surface area contributed by atoms with Gasteiger partial charge in [-0.25, -0.2) is 22.0 Å². The Hall–Kier alpha value is -0.700. The van der Waals surface area contributed by atoms with E-state index < -0.39 is 48.5 Å². The highest BCUT2D eigenvalue weighted by molar-refractivity contribution is 7.91. The van der Waals surface area contributed by atoms with Crippen molar-refractivity contribution in [2.24, 2.45) is 5.14 Å². The molecule has 0 aromatic heterocycles. The van der Waals surface area contributed by atoms with E-state index in [0.29, 0.717) is 0 Å².